The molecule has 0 saturated heterocycles. The van der Waals surface area contributed by atoms with Crippen LogP contribution in [0.25, 0.3) is 0 Å². The third kappa shape index (κ3) is 2.68. The monoisotopic (exact) mass is 220 g/mol. The molecule has 0 bridgehead atoms. The molecule has 0 radical (unpaired) electrons. The van der Waals surface area contributed by atoms with Crippen LogP contribution in [0.2, 0.25) is 0 Å². The zero-order valence-corrected chi connectivity index (χ0v) is 8.30. The molecule has 0 fully saturated rings. The number of nitrogens with zero attached hydrogens (tertiary/aromatic N) is 1. The van der Waals surface area contributed by atoms with Crippen molar-refractivity contribution in [3.63, 3.8) is 0 Å². The van der Waals surface area contributed by atoms with E-state index in [1.165, 1.54) is 0 Å². The number of nitrogens with two attached hydrogens (primary N) is 1. The highest BCUT2D eigenvalue weighted by Gasteiger charge is 2.13. The van der Waals surface area contributed by atoms with Crippen LogP contribution >= 0.6 is 0 Å². The number of alkyl halides is 2. The molecule has 0 unspecified atom stereocenters. The molecule has 0 saturated carbocycles. The van der Waals surface area contributed by atoms with Crippen LogP contribution in [0.15, 0.2) is 12.1 Å². The van der Waals surface area contributed by atoms with Crippen molar-refractivity contribution in [3.05, 3.63) is 17.9 Å². The first-order valence-corrected chi connectivity index (χ1v) is 4.13. The van der Waals surface area contributed by atoms with Crippen LogP contribution in [-0.4, -0.2) is 20.7 Å². The maximum Gasteiger partial charge on any atom is 0.387 e. The SMILES string of the molecule is CN(C)c1cc(OC(F)F)c(F)cc1N. The Labute approximate surface area is 85.2 Å². The second-order valence-corrected chi connectivity index (χ2v) is 3.11. The highest BCUT2D eigenvalue weighted by Crippen LogP contribution is 2.30. The predicted octanol–water partition coefficient (Wildman–Crippen LogP) is 2.08. The Morgan fingerprint density at radius 1 is 1.33 bits per heavy atom. The van der Waals surface area contributed by atoms with Gasteiger partial charge >= 0.3 is 6.61 Å². The van der Waals surface area contributed by atoms with Crippen LogP contribution < -0.4 is 15.4 Å². The number of hydrogen-bond acceptors (Lipinski definition) is 3. The van der Waals surface area contributed by atoms with Crippen molar-refractivity contribution >= 4 is 11.4 Å². The van der Waals surface area contributed by atoms with E-state index in [0.717, 1.165) is 12.1 Å². The van der Waals surface area contributed by atoms with Crippen molar-refractivity contribution in [1.29, 1.82) is 0 Å². The molecule has 0 aliphatic heterocycles. The molecular weight excluding hydrogens is 209 g/mol. The van der Waals surface area contributed by atoms with Crippen LogP contribution in [0, 0.1) is 5.82 Å². The lowest BCUT2D eigenvalue weighted by atomic mass is 10.2. The van der Waals surface area contributed by atoms with Gasteiger partial charge in [0.05, 0.1) is 11.4 Å². The van der Waals surface area contributed by atoms with E-state index in [1.807, 2.05) is 0 Å². The topological polar surface area (TPSA) is 38.5 Å². The minimum Gasteiger partial charge on any atom is -0.432 e. The summed E-state index contributed by atoms with van der Waals surface area (Å²) >= 11 is 0. The van der Waals surface area contributed by atoms with E-state index < -0.39 is 18.2 Å². The number of anilines is 2. The Balaban J connectivity index is 3.11. The molecule has 15 heavy (non-hydrogen) atoms. The fourth-order valence-corrected chi connectivity index (χ4v) is 1.13. The van der Waals surface area contributed by atoms with Crippen LogP contribution in [0.1, 0.15) is 0 Å². The van der Waals surface area contributed by atoms with Gasteiger partial charge in [0.1, 0.15) is 0 Å². The lowest BCUT2D eigenvalue weighted by Gasteiger charge is -2.17. The number of benzene rings is 1. The first kappa shape index (κ1) is 11.5. The van der Waals surface area contributed by atoms with E-state index >= 15 is 0 Å². The summed E-state index contributed by atoms with van der Waals surface area (Å²) in [7, 11) is 3.32. The lowest BCUT2D eigenvalue weighted by molar-refractivity contribution is -0.0521. The van der Waals surface area contributed by atoms with Crippen molar-refractivity contribution in [3.8, 4) is 5.75 Å². The van der Waals surface area contributed by atoms with Gasteiger partial charge in [-0.15, -0.1) is 0 Å². The molecule has 3 nitrogen and oxygen atoms in total. The van der Waals surface area contributed by atoms with Crippen LogP contribution in [0.3, 0.4) is 0 Å². The highest BCUT2D eigenvalue weighted by atomic mass is 19.3. The van der Waals surface area contributed by atoms with Gasteiger partial charge < -0.3 is 15.4 Å². The maximum atomic E-state index is 13.1. The number of rotatable bonds is 3. The molecule has 0 aliphatic carbocycles. The first-order chi connectivity index (χ1) is 6.91. The minimum absolute atomic E-state index is 0.166. The summed E-state index contributed by atoms with van der Waals surface area (Å²) in [5.74, 6) is -1.42. The molecule has 0 aliphatic rings. The number of hydrogen-bond donors (Lipinski definition) is 1. The molecule has 0 aromatic heterocycles. The fourth-order valence-electron chi connectivity index (χ4n) is 1.13. The second-order valence-electron chi connectivity index (χ2n) is 3.11. The highest BCUT2D eigenvalue weighted by molar-refractivity contribution is 5.69. The summed E-state index contributed by atoms with van der Waals surface area (Å²) in [5, 5.41) is 0. The zero-order chi connectivity index (χ0) is 11.6. The Kier molecular flexibility index (Phi) is 3.28. The third-order valence-electron chi connectivity index (χ3n) is 1.78. The minimum atomic E-state index is -3.06. The molecule has 0 heterocycles. The van der Waals surface area contributed by atoms with E-state index in [-0.39, 0.29) is 5.69 Å². The molecule has 1 rings (SSSR count). The first-order valence-electron chi connectivity index (χ1n) is 4.13. The van der Waals surface area contributed by atoms with Gasteiger partial charge in [0.25, 0.3) is 0 Å². The summed E-state index contributed by atoms with van der Waals surface area (Å²) in [6.45, 7) is -3.06. The van der Waals surface area contributed by atoms with Gasteiger partial charge in [-0.3, -0.25) is 0 Å². The standard InChI is InChI=1S/C9H11F3N2O/c1-14(2)7-4-8(15-9(11)12)5(10)3-6(7)13/h3-4,9H,13H2,1-2H3. The molecular formula is C9H11F3N2O. The Hall–Kier alpha value is -1.59. The number of nitrogen functional groups attached to an aromatic ring is 1. The number of ether oxygens (including phenoxy) is 1. The molecule has 0 amide bonds. The predicted molar refractivity (Wildman–Crippen MR) is 51.8 cm³/mol. The van der Waals surface area contributed by atoms with Gasteiger partial charge in [0.15, 0.2) is 11.6 Å². The number of halogens is 3. The van der Waals surface area contributed by atoms with E-state index in [1.54, 1.807) is 19.0 Å². The fraction of sp³-hybridized carbons (Fsp3) is 0.333. The van der Waals surface area contributed by atoms with Crippen LogP contribution in [0.4, 0.5) is 24.5 Å². The van der Waals surface area contributed by atoms with Crippen molar-refractivity contribution in [2.75, 3.05) is 24.7 Å². The van der Waals surface area contributed by atoms with Gasteiger partial charge in [0, 0.05) is 26.2 Å². The molecule has 0 spiro atoms. The normalized spacial score (nSPS) is 10.5. The summed E-state index contributed by atoms with van der Waals surface area (Å²) in [5.41, 5.74) is 6.09. The summed E-state index contributed by atoms with van der Waals surface area (Å²) < 4.78 is 40.9. The summed E-state index contributed by atoms with van der Waals surface area (Å²) in [4.78, 5) is 1.58. The van der Waals surface area contributed by atoms with Crippen LogP contribution in [0.5, 0.6) is 5.75 Å². The summed E-state index contributed by atoms with van der Waals surface area (Å²) in [6, 6.07) is 2.09. The Morgan fingerprint density at radius 3 is 2.40 bits per heavy atom. The van der Waals surface area contributed by atoms with Gasteiger partial charge in [-0.1, -0.05) is 0 Å². The molecule has 1 aromatic carbocycles. The van der Waals surface area contributed by atoms with Crippen molar-refractivity contribution in [2.45, 2.75) is 6.61 Å². The van der Waals surface area contributed by atoms with E-state index in [2.05, 4.69) is 4.74 Å². The third-order valence-corrected chi connectivity index (χ3v) is 1.78. The molecule has 84 valence electrons. The van der Waals surface area contributed by atoms with Gasteiger partial charge in [-0.25, -0.2) is 4.39 Å². The Morgan fingerprint density at radius 2 is 1.93 bits per heavy atom. The second kappa shape index (κ2) is 4.29. The van der Waals surface area contributed by atoms with E-state index in [0.29, 0.717) is 5.69 Å². The van der Waals surface area contributed by atoms with Crippen LogP contribution in [-0.2, 0) is 0 Å². The average Bonchev–Trinajstić information content (AvgIpc) is 2.08. The summed E-state index contributed by atoms with van der Waals surface area (Å²) in [6.07, 6.45) is 0. The smallest absolute Gasteiger partial charge is 0.387 e. The quantitative estimate of drug-likeness (QED) is 0.792. The molecule has 2 N–H and O–H groups in total. The van der Waals surface area contributed by atoms with E-state index in [4.69, 9.17) is 5.73 Å². The molecule has 6 heteroatoms. The average molecular weight is 220 g/mol. The molecule has 0 atom stereocenters. The largest absolute Gasteiger partial charge is 0.432 e. The van der Waals surface area contributed by atoms with Crippen molar-refractivity contribution in [2.24, 2.45) is 0 Å². The Bertz CT molecular complexity index is 355. The van der Waals surface area contributed by atoms with Gasteiger partial charge in [-0.05, 0) is 0 Å². The van der Waals surface area contributed by atoms with Gasteiger partial charge in [0.2, 0.25) is 0 Å². The van der Waals surface area contributed by atoms with Gasteiger partial charge in [-0.2, -0.15) is 8.78 Å². The van der Waals surface area contributed by atoms with E-state index in [9.17, 15) is 13.2 Å². The maximum absolute atomic E-state index is 13.1. The zero-order valence-electron chi connectivity index (χ0n) is 8.30. The van der Waals surface area contributed by atoms with Crippen molar-refractivity contribution in [1.82, 2.24) is 0 Å². The lowest BCUT2D eigenvalue weighted by Crippen LogP contribution is -2.12. The molecule has 1 aromatic rings. The van der Waals surface area contributed by atoms with Crippen molar-refractivity contribution < 1.29 is 17.9 Å².